The first kappa shape index (κ1) is 19.6. The highest BCUT2D eigenvalue weighted by Crippen LogP contribution is 2.15. The Hall–Kier alpha value is -3.17. The predicted molar refractivity (Wildman–Crippen MR) is 103 cm³/mol. The van der Waals surface area contributed by atoms with Crippen LogP contribution >= 0.6 is 0 Å². The molecule has 0 unspecified atom stereocenters. The van der Waals surface area contributed by atoms with Gasteiger partial charge in [0.05, 0.1) is 4.90 Å². The Kier molecular flexibility index (Phi) is 5.76. The van der Waals surface area contributed by atoms with Crippen LogP contribution in [0.5, 0.6) is 0 Å². The molecule has 1 amide bonds. The normalized spacial score (nSPS) is 11.3. The molecule has 0 atom stereocenters. The quantitative estimate of drug-likeness (QED) is 0.514. The molecule has 9 heteroatoms. The third kappa shape index (κ3) is 4.96. The molecule has 0 fully saturated rings. The van der Waals surface area contributed by atoms with E-state index in [0.717, 1.165) is 16.5 Å². The topological polar surface area (TPSA) is 131 Å². The first-order valence-electron chi connectivity index (χ1n) is 8.46. The summed E-state index contributed by atoms with van der Waals surface area (Å²) in [5.41, 5.74) is 1.93. The van der Waals surface area contributed by atoms with Gasteiger partial charge in [-0.3, -0.25) is 4.79 Å². The maximum Gasteiger partial charge on any atom is 0.355 e. The van der Waals surface area contributed by atoms with Crippen LogP contribution in [0.25, 0.3) is 10.9 Å². The minimum atomic E-state index is -3.72. The first-order chi connectivity index (χ1) is 13.3. The van der Waals surface area contributed by atoms with Gasteiger partial charge in [-0.05, 0) is 36.2 Å². The number of primary sulfonamides is 1. The number of nitrogens with one attached hydrogen (secondary N) is 2. The molecule has 8 nitrogen and oxygen atoms in total. The number of amides is 1. The van der Waals surface area contributed by atoms with Gasteiger partial charge in [-0.15, -0.1) is 0 Å². The summed E-state index contributed by atoms with van der Waals surface area (Å²) in [6.07, 6.45) is 0.493. The standard InChI is InChI=1S/C19H19N3O5S/c20-28(25,26)15-7-5-13(6-8-15)9-10-21-18(23)12-27-19(24)17-11-14-3-1-2-4-16(14)22-17/h1-8,11,22H,9-10,12H2,(H,21,23)(H2,20,25,26). The monoisotopic (exact) mass is 401 g/mol. The van der Waals surface area contributed by atoms with Crippen molar-refractivity contribution in [1.29, 1.82) is 0 Å². The Morgan fingerprint density at radius 1 is 1.07 bits per heavy atom. The number of para-hydroxylation sites is 1. The number of sulfonamides is 1. The zero-order chi connectivity index (χ0) is 20.1. The largest absolute Gasteiger partial charge is 0.451 e. The minimum Gasteiger partial charge on any atom is -0.451 e. The number of hydrogen-bond acceptors (Lipinski definition) is 5. The number of aromatic nitrogens is 1. The van der Waals surface area contributed by atoms with Crippen molar-refractivity contribution >= 4 is 32.8 Å². The number of benzene rings is 2. The maximum absolute atomic E-state index is 12.0. The number of hydrogen-bond donors (Lipinski definition) is 3. The number of aromatic amines is 1. The number of fused-ring (bicyclic) bond motifs is 1. The van der Waals surface area contributed by atoms with E-state index in [1.54, 1.807) is 18.2 Å². The van der Waals surface area contributed by atoms with Gasteiger partial charge in [0.2, 0.25) is 10.0 Å². The van der Waals surface area contributed by atoms with Crippen LogP contribution in [-0.2, 0) is 26.0 Å². The number of rotatable bonds is 7. The zero-order valence-corrected chi connectivity index (χ0v) is 15.7. The lowest BCUT2D eigenvalue weighted by molar-refractivity contribution is -0.124. The van der Waals surface area contributed by atoms with E-state index >= 15 is 0 Å². The number of ether oxygens (including phenoxy) is 1. The molecule has 3 rings (SSSR count). The molecule has 0 radical (unpaired) electrons. The summed E-state index contributed by atoms with van der Waals surface area (Å²) in [7, 11) is -3.72. The molecule has 2 aromatic carbocycles. The van der Waals surface area contributed by atoms with Crippen molar-refractivity contribution in [3.63, 3.8) is 0 Å². The van der Waals surface area contributed by atoms with Crippen molar-refractivity contribution in [3.05, 3.63) is 65.9 Å². The molecule has 1 heterocycles. The van der Waals surface area contributed by atoms with Crippen LogP contribution in [0.15, 0.2) is 59.5 Å². The minimum absolute atomic E-state index is 0.0316. The summed E-state index contributed by atoms with van der Waals surface area (Å²) >= 11 is 0. The average Bonchev–Trinajstić information content (AvgIpc) is 3.10. The lowest BCUT2D eigenvalue weighted by atomic mass is 10.1. The van der Waals surface area contributed by atoms with E-state index in [2.05, 4.69) is 10.3 Å². The third-order valence-corrected chi connectivity index (χ3v) is 5.00. The van der Waals surface area contributed by atoms with Crippen LogP contribution in [0.2, 0.25) is 0 Å². The fourth-order valence-electron chi connectivity index (χ4n) is 2.64. The Balaban J connectivity index is 1.43. The number of carbonyl (C=O) groups is 2. The molecule has 0 aliphatic heterocycles. The van der Waals surface area contributed by atoms with E-state index in [1.165, 1.54) is 12.1 Å². The number of esters is 1. The average molecular weight is 401 g/mol. The first-order valence-corrected chi connectivity index (χ1v) is 10.0. The molecule has 1 aromatic heterocycles. The second kappa shape index (κ2) is 8.24. The number of carbonyl (C=O) groups excluding carboxylic acids is 2. The van der Waals surface area contributed by atoms with Crippen LogP contribution < -0.4 is 10.5 Å². The summed E-state index contributed by atoms with van der Waals surface area (Å²) in [6.45, 7) is -0.0734. The predicted octanol–water partition coefficient (Wildman–Crippen LogP) is 1.33. The number of nitrogens with two attached hydrogens (primary N) is 1. The van der Waals surface area contributed by atoms with Crippen molar-refractivity contribution < 1.29 is 22.7 Å². The van der Waals surface area contributed by atoms with Crippen molar-refractivity contribution in [2.75, 3.05) is 13.2 Å². The van der Waals surface area contributed by atoms with E-state index in [9.17, 15) is 18.0 Å². The third-order valence-electron chi connectivity index (χ3n) is 4.07. The highest BCUT2D eigenvalue weighted by Gasteiger charge is 2.13. The highest BCUT2D eigenvalue weighted by molar-refractivity contribution is 7.89. The second-order valence-corrected chi connectivity index (χ2v) is 7.70. The van der Waals surface area contributed by atoms with Gasteiger partial charge in [-0.1, -0.05) is 30.3 Å². The molecular formula is C19H19N3O5S. The van der Waals surface area contributed by atoms with Gasteiger partial charge in [-0.2, -0.15) is 0 Å². The lowest BCUT2D eigenvalue weighted by Gasteiger charge is -2.07. The Morgan fingerprint density at radius 3 is 2.46 bits per heavy atom. The van der Waals surface area contributed by atoms with Crippen LogP contribution in [0.1, 0.15) is 16.1 Å². The molecule has 0 aliphatic carbocycles. The lowest BCUT2D eigenvalue weighted by Crippen LogP contribution is -2.30. The SMILES string of the molecule is NS(=O)(=O)c1ccc(CCNC(=O)COC(=O)c2cc3ccccc3[nH]2)cc1. The molecule has 0 saturated carbocycles. The highest BCUT2D eigenvalue weighted by atomic mass is 32.2. The smallest absolute Gasteiger partial charge is 0.355 e. The molecular weight excluding hydrogens is 382 g/mol. The molecule has 0 spiro atoms. The van der Waals surface area contributed by atoms with Gasteiger partial charge < -0.3 is 15.0 Å². The molecule has 28 heavy (non-hydrogen) atoms. The van der Waals surface area contributed by atoms with Gasteiger partial charge in [-0.25, -0.2) is 18.4 Å². The summed E-state index contributed by atoms with van der Waals surface area (Å²) in [5.74, 6) is -1.03. The van der Waals surface area contributed by atoms with Gasteiger partial charge in [0.1, 0.15) is 5.69 Å². The Labute approximate surface area is 161 Å². The second-order valence-electron chi connectivity index (χ2n) is 6.14. The number of H-pyrrole nitrogens is 1. The van der Waals surface area contributed by atoms with Crippen molar-refractivity contribution in [2.45, 2.75) is 11.3 Å². The van der Waals surface area contributed by atoms with E-state index in [1.807, 2.05) is 24.3 Å². The van der Waals surface area contributed by atoms with E-state index in [-0.39, 0.29) is 10.6 Å². The van der Waals surface area contributed by atoms with Crippen molar-refractivity contribution in [2.24, 2.45) is 5.14 Å². The Morgan fingerprint density at radius 2 is 1.79 bits per heavy atom. The molecule has 0 aliphatic rings. The van der Waals surface area contributed by atoms with Crippen LogP contribution in [-0.4, -0.2) is 38.4 Å². The van der Waals surface area contributed by atoms with E-state index < -0.39 is 28.5 Å². The molecule has 4 N–H and O–H groups in total. The van der Waals surface area contributed by atoms with Gasteiger partial charge in [0.15, 0.2) is 6.61 Å². The van der Waals surface area contributed by atoms with Crippen molar-refractivity contribution in [1.82, 2.24) is 10.3 Å². The van der Waals surface area contributed by atoms with E-state index in [4.69, 9.17) is 9.88 Å². The van der Waals surface area contributed by atoms with Gasteiger partial charge >= 0.3 is 5.97 Å². The summed E-state index contributed by atoms with van der Waals surface area (Å²) < 4.78 is 27.4. The summed E-state index contributed by atoms with van der Waals surface area (Å²) in [4.78, 5) is 26.8. The van der Waals surface area contributed by atoms with Crippen LogP contribution in [0.3, 0.4) is 0 Å². The fraction of sp³-hybridized carbons (Fsp3) is 0.158. The van der Waals surface area contributed by atoms with Crippen molar-refractivity contribution in [3.8, 4) is 0 Å². The molecule has 3 aromatic rings. The van der Waals surface area contributed by atoms with Gasteiger partial charge in [0, 0.05) is 17.4 Å². The molecule has 0 bridgehead atoms. The maximum atomic E-state index is 12.0. The zero-order valence-electron chi connectivity index (χ0n) is 14.8. The van der Waals surface area contributed by atoms with E-state index in [0.29, 0.717) is 13.0 Å². The van der Waals surface area contributed by atoms with Crippen LogP contribution in [0, 0.1) is 0 Å². The van der Waals surface area contributed by atoms with Gasteiger partial charge in [0.25, 0.3) is 5.91 Å². The Bertz CT molecular complexity index is 1070. The fourth-order valence-corrected chi connectivity index (χ4v) is 3.15. The molecule has 0 saturated heterocycles. The summed E-state index contributed by atoms with van der Waals surface area (Å²) in [6, 6.07) is 15.2. The summed E-state index contributed by atoms with van der Waals surface area (Å²) in [5, 5.41) is 8.56. The molecule has 146 valence electrons. The van der Waals surface area contributed by atoms with Crippen LogP contribution in [0.4, 0.5) is 0 Å².